The summed E-state index contributed by atoms with van der Waals surface area (Å²) in [6.45, 7) is 0. The Balaban J connectivity index is 1.70. The van der Waals surface area contributed by atoms with Gasteiger partial charge in [0, 0.05) is 24.4 Å². The monoisotopic (exact) mass is 273 g/mol. The Kier molecular flexibility index (Phi) is 3.28. The third kappa shape index (κ3) is 2.65. The maximum Gasteiger partial charge on any atom is 0.209 e. The third-order valence-corrected chi connectivity index (χ3v) is 3.59. The van der Waals surface area contributed by atoms with Gasteiger partial charge in [0.25, 0.3) is 0 Å². The molecule has 3 rings (SSSR count). The maximum atomic E-state index is 5.33. The van der Waals surface area contributed by atoms with E-state index in [0.717, 1.165) is 22.2 Å². The summed E-state index contributed by atoms with van der Waals surface area (Å²) in [5.74, 6) is 1.44. The van der Waals surface area contributed by atoms with Crippen LogP contribution in [0, 0.1) is 0 Å². The van der Waals surface area contributed by atoms with E-state index in [1.807, 2.05) is 36.4 Å². The van der Waals surface area contributed by atoms with E-state index in [9.17, 15) is 0 Å². The molecule has 6 nitrogen and oxygen atoms in total. The molecule has 0 bridgehead atoms. The van der Waals surface area contributed by atoms with Gasteiger partial charge in [-0.3, -0.25) is 0 Å². The SMILES string of the molecule is Cn1nnnc1SCc1cc(-c2ccccc2)on1. The first-order valence-electron chi connectivity index (χ1n) is 5.69. The van der Waals surface area contributed by atoms with E-state index >= 15 is 0 Å². The summed E-state index contributed by atoms with van der Waals surface area (Å²) in [4.78, 5) is 0. The lowest BCUT2D eigenvalue weighted by molar-refractivity contribution is 0.426. The molecule has 0 N–H and O–H groups in total. The smallest absolute Gasteiger partial charge is 0.209 e. The zero-order chi connectivity index (χ0) is 13.1. The number of hydrogen-bond acceptors (Lipinski definition) is 6. The lowest BCUT2D eigenvalue weighted by Crippen LogP contribution is -1.93. The fraction of sp³-hybridized carbons (Fsp3) is 0.167. The molecule has 0 saturated heterocycles. The summed E-state index contributed by atoms with van der Waals surface area (Å²) in [6.07, 6.45) is 0. The summed E-state index contributed by atoms with van der Waals surface area (Å²) in [7, 11) is 1.81. The molecule has 0 amide bonds. The Morgan fingerprint density at radius 3 is 2.84 bits per heavy atom. The maximum absolute atomic E-state index is 5.33. The highest BCUT2D eigenvalue weighted by molar-refractivity contribution is 7.98. The summed E-state index contributed by atoms with van der Waals surface area (Å²) < 4.78 is 6.96. The molecule has 7 heteroatoms. The molecule has 3 aromatic rings. The largest absolute Gasteiger partial charge is 0.356 e. The predicted molar refractivity (Wildman–Crippen MR) is 70.3 cm³/mol. The van der Waals surface area contributed by atoms with E-state index in [0.29, 0.717) is 5.75 Å². The quantitative estimate of drug-likeness (QED) is 0.678. The molecular weight excluding hydrogens is 262 g/mol. The van der Waals surface area contributed by atoms with E-state index < -0.39 is 0 Å². The first kappa shape index (κ1) is 11.9. The molecule has 0 fully saturated rings. The van der Waals surface area contributed by atoms with Crippen molar-refractivity contribution in [3.05, 3.63) is 42.1 Å². The molecule has 0 radical (unpaired) electrons. The van der Waals surface area contributed by atoms with Gasteiger partial charge in [-0.2, -0.15) is 0 Å². The molecule has 2 aromatic heterocycles. The number of aromatic nitrogens is 5. The van der Waals surface area contributed by atoms with Crippen LogP contribution in [0.3, 0.4) is 0 Å². The van der Waals surface area contributed by atoms with Gasteiger partial charge in [0.2, 0.25) is 5.16 Å². The molecule has 0 aliphatic rings. The number of tetrazole rings is 1. The van der Waals surface area contributed by atoms with Crippen molar-refractivity contribution in [1.82, 2.24) is 25.4 Å². The van der Waals surface area contributed by atoms with Gasteiger partial charge in [0.05, 0.1) is 5.69 Å². The second-order valence-electron chi connectivity index (χ2n) is 3.92. The van der Waals surface area contributed by atoms with Crippen molar-refractivity contribution in [3.63, 3.8) is 0 Å². The van der Waals surface area contributed by atoms with Crippen molar-refractivity contribution < 1.29 is 4.52 Å². The molecule has 2 heterocycles. The van der Waals surface area contributed by atoms with E-state index in [1.165, 1.54) is 11.8 Å². The molecule has 96 valence electrons. The van der Waals surface area contributed by atoms with Crippen molar-refractivity contribution in [2.24, 2.45) is 7.05 Å². The molecule has 1 aromatic carbocycles. The summed E-state index contributed by atoms with van der Waals surface area (Å²) >= 11 is 1.52. The van der Waals surface area contributed by atoms with Gasteiger partial charge in [-0.1, -0.05) is 47.3 Å². The zero-order valence-corrected chi connectivity index (χ0v) is 11.0. The summed E-state index contributed by atoms with van der Waals surface area (Å²) in [6, 6.07) is 11.8. The van der Waals surface area contributed by atoms with E-state index in [-0.39, 0.29) is 0 Å². The lowest BCUT2D eigenvalue weighted by atomic mass is 10.2. The van der Waals surface area contributed by atoms with Crippen LogP contribution in [0.1, 0.15) is 5.69 Å². The fourth-order valence-electron chi connectivity index (χ4n) is 1.60. The van der Waals surface area contributed by atoms with Crippen LogP contribution in [0.4, 0.5) is 0 Å². The highest BCUT2D eigenvalue weighted by Gasteiger charge is 2.09. The Labute approximate surface area is 113 Å². The topological polar surface area (TPSA) is 69.6 Å². The van der Waals surface area contributed by atoms with Crippen molar-refractivity contribution in [3.8, 4) is 11.3 Å². The van der Waals surface area contributed by atoms with Crippen LogP contribution in [-0.2, 0) is 12.8 Å². The molecular formula is C12H11N5OS. The van der Waals surface area contributed by atoms with Crippen LogP contribution in [-0.4, -0.2) is 25.4 Å². The Morgan fingerprint density at radius 1 is 1.26 bits per heavy atom. The van der Waals surface area contributed by atoms with Crippen molar-refractivity contribution in [2.45, 2.75) is 10.9 Å². The minimum Gasteiger partial charge on any atom is -0.356 e. The van der Waals surface area contributed by atoms with Crippen molar-refractivity contribution in [2.75, 3.05) is 0 Å². The molecule has 0 spiro atoms. The Morgan fingerprint density at radius 2 is 2.11 bits per heavy atom. The van der Waals surface area contributed by atoms with Gasteiger partial charge in [-0.05, 0) is 10.4 Å². The summed E-state index contributed by atoms with van der Waals surface area (Å²) in [5.41, 5.74) is 1.89. The van der Waals surface area contributed by atoms with Gasteiger partial charge < -0.3 is 4.52 Å². The molecule has 0 aliphatic heterocycles. The van der Waals surface area contributed by atoms with Crippen LogP contribution in [0.25, 0.3) is 11.3 Å². The molecule has 19 heavy (non-hydrogen) atoms. The first-order valence-corrected chi connectivity index (χ1v) is 6.67. The fourth-order valence-corrected chi connectivity index (χ4v) is 2.33. The van der Waals surface area contributed by atoms with Crippen LogP contribution in [0.5, 0.6) is 0 Å². The number of aryl methyl sites for hydroxylation is 1. The minimum atomic E-state index is 0.671. The Hall–Kier alpha value is -2.15. The molecule has 0 saturated carbocycles. The van der Waals surface area contributed by atoms with E-state index in [2.05, 4.69) is 20.7 Å². The average molecular weight is 273 g/mol. The van der Waals surface area contributed by atoms with Gasteiger partial charge >= 0.3 is 0 Å². The molecule has 0 unspecified atom stereocenters. The van der Waals surface area contributed by atoms with Crippen molar-refractivity contribution >= 4 is 11.8 Å². The lowest BCUT2D eigenvalue weighted by Gasteiger charge is -1.94. The third-order valence-electron chi connectivity index (χ3n) is 2.55. The van der Waals surface area contributed by atoms with Gasteiger partial charge in [0.1, 0.15) is 0 Å². The zero-order valence-electron chi connectivity index (χ0n) is 10.2. The Bertz CT molecular complexity index is 664. The van der Waals surface area contributed by atoms with Gasteiger partial charge in [-0.15, -0.1) is 5.10 Å². The second kappa shape index (κ2) is 5.23. The second-order valence-corrected chi connectivity index (χ2v) is 4.86. The highest BCUT2D eigenvalue weighted by atomic mass is 32.2. The van der Waals surface area contributed by atoms with Gasteiger partial charge in [0.15, 0.2) is 5.76 Å². The van der Waals surface area contributed by atoms with Crippen LogP contribution < -0.4 is 0 Å². The molecule has 0 atom stereocenters. The van der Waals surface area contributed by atoms with E-state index in [4.69, 9.17) is 4.52 Å². The number of hydrogen-bond donors (Lipinski definition) is 0. The number of benzene rings is 1. The first-order chi connectivity index (χ1) is 9.33. The normalized spacial score (nSPS) is 10.8. The number of nitrogens with zero attached hydrogens (tertiary/aromatic N) is 5. The van der Waals surface area contributed by atoms with Gasteiger partial charge in [-0.25, -0.2) is 4.68 Å². The average Bonchev–Trinajstić information content (AvgIpc) is 3.06. The van der Waals surface area contributed by atoms with Crippen LogP contribution in [0.15, 0.2) is 46.1 Å². The number of thioether (sulfide) groups is 1. The predicted octanol–water partition coefficient (Wildman–Crippen LogP) is 2.16. The molecule has 0 aliphatic carbocycles. The van der Waals surface area contributed by atoms with Crippen molar-refractivity contribution in [1.29, 1.82) is 0 Å². The van der Waals surface area contributed by atoms with E-state index in [1.54, 1.807) is 11.7 Å². The standard InChI is InChI=1S/C12H11N5OS/c1-17-12(13-15-16-17)19-8-10-7-11(18-14-10)9-5-3-2-4-6-9/h2-7H,8H2,1H3. The highest BCUT2D eigenvalue weighted by Crippen LogP contribution is 2.23. The minimum absolute atomic E-state index is 0.671. The van der Waals surface area contributed by atoms with Crippen LogP contribution >= 0.6 is 11.8 Å². The number of rotatable bonds is 4. The summed E-state index contributed by atoms with van der Waals surface area (Å²) in [5, 5.41) is 16.1. The van der Waals surface area contributed by atoms with Crippen LogP contribution in [0.2, 0.25) is 0 Å².